The number of imidazole rings is 1. The lowest BCUT2D eigenvalue weighted by atomic mass is 10.2. The standard InChI is InChI=1S/C16H17N5OS/c1-2-21-6-5-12-14(8-21)23-16(19-12)20-15(22)10-3-4-11-13(7-10)18-9-17-11/h3-4,7,9H,2,5-6,8H2,1H3,(H,17,18)(H,19,20,22). The molecule has 1 aliphatic rings. The molecule has 0 bridgehead atoms. The second-order valence-electron chi connectivity index (χ2n) is 5.60. The zero-order chi connectivity index (χ0) is 15.8. The number of anilines is 1. The predicted molar refractivity (Wildman–Crippen MR) is 90.8 cm³/mol. The van der Waals surface area contributed by atoms with Crippen LogP contribution < -0.4 is 5.32 Å². The minimum atomic E-state index is -0.139. The van der Waals surface area contributed by atoms with Gasteiger partial charge in [-0.25, -0.2) is 9.97 Å². The van der Waals surface area contributed by atoms with Crippen molar-refractivity contribution in [2.24, 2.45) is 0 Å². The fourth-order valence-electron chi connectivity index (χ4n) is 2.82. The maximum atomic E-state index is 12.4. The summed E-state index contributed by atoms with van der Waals surface area (Å²) in [7, 11) is 0. The van der Waals surface area contributed by atoms with E-state index in [9.17, 15) is 4.79 Å². The van der Waals surface area contributed by atoms with Gasteiger partial charge in [0.2, 0.25) is 0 Å². The van der Waals surface area contributed by atoms with E-state index in [-0.39, 0.29) is 5.91 Å². The summed E-state index contributed by atoms with van der Waals surface area (Å²) < 4.78 is 0. The van der Waals surface area contributed by atoms with Crippen molar-refractivity contribution >= 4 is 33.4 Å². The molecule has 2 aromatic heterocycles. The number of aromatic nitrogens is 3. The smallest absolute Gasteiger partial charge is 0.257 e. The van der Waals surface area contributed by atoms with Gasteiger partial charge in [0.05, 0.1) is 23.1 Å². The van der Waals surface area contributed by atoms with E-state index in [4.69, 9.17) is 0 Å². The van der Waals surface area contributed by atoms with Crippen LogP contribution in [0.15, 0.2) is 24.5 Å². The third kappa shape index (κ3) is 2.73. The summed E-state index contributed by atoms with van der Waals surface area (Å²) in [5.41, 5.74) is 3.43. The number of rotatable bonds is 3. The fraction of sp³-hybridized carbons (Fsp3) is 0.312. The number of carbonyl (C=O) groups is 1. The van der Waals surface area contributed by atoms with Crippen LogP contribution >= 0.6 is 11.3 Å². The van der Waals surface area contributed by atoms with E-state index in [2.05, 4.69) is 32.1 Å². The molecule has 0 spiro atoms. The summed E-state index contributed by atoms with van der Waals surface area (Å²) >= 11 is 1.58. The number of hydrogen-bond acceptors (Lipinski definition) is 5. The Morgan fingerprint density at radius 3 is 3.26 bits per heavy atom. The van der Waals surface area contributed by atoms with Crippen molar-refractivity contribution in [3.63, 3.8) is 0 Å². The Kier molecular flexibility index (Phi) is 3.59. The van der Waals surface area contributed by atoms with Crippen molar-refractivity contribution in [3.05, 3.63) is 40.7 Å². The number of nitrogens with one attached hydrogen (secondary N) is 2. The zero-order valence-corrected chi connectivity index (χ0v) is 13.6. The molecule has 1 aromatic carbocycles. The SMILES string of the molecule is CCN1CCc2nc(NC(=O)c3ccc4nc[nH]c4c3)sc2C1. The maximum absolute atomic E-state index is 12.4. The first-order valence-corrected chi connectivity index (χ1v) is 8.50. The summed E-state index contributed by atoms with van der Waals surface area (Å²) in [4.78, 5) is 27.8. The monoisotopic (exact) mass is 327 g/mol. The van der Waals surface area contributed by atoms with Crippen LogP contribution in [0.5, 0.6) is 0 Å². The molecule has 118 valence electrons. The number of amides is 1. The summed E-state index contributed by atoms with van der Waals surface area (Å²) in [5.74, 6) is -0.139. The van der Waals surface area contributed by atoms with Crippen molar-refractivity contribution in [2.75, 3.05) is 18.4 Å². The summed E-state index contributed by atoms with van der Waals surface area (Å²) in [6.45, 7) is 5.18. The van der Waals surface area contributed by atoms with Gasteiger partial charge in [-0.05, 0) is 24.7 Å². The molecule has 7 heteroatoms. The topological polar surface area (TPSA) is 73.9 Å². The van der Waals surface area contributed by atoms with Gasteiger partial charge >= 0.3 is 0 Å². The first-order valence-electron chi connectivity index (χ1n) is 7.68. The van der Waals surface area contributed by atoms with Crippen LogP contribution in [0, 0.1) is 0 Å². The molecule has 0 saturated carbocycles. The largest absolute Gasteiger partial charge is 0.345 e. The van der Waals surface area contributed by atoms with Gasteiger partial charge in [-0.15, -0.1) is 11.3 Å². The minimum Gasteiger partial charge on any atom is -0.345 e. The average Bonchev–Trinajstić information content (AvgIpc) is 3.18. The number of likely N-dealkylation sites (N-methyl/N-ethyl adjacent to an activating group) is 1. The molecule has 1 aliphatic heterocycles. The Bertz CT molecular complexity index is 868. The van der Waals surface area contributed by atoms with Crippen molar-refractivity contribution in [2.45, 2.75) is 19.9 Å². The number of benzene rings is 1. The molecule has 0 atom stereocenters. The van der Waals surface area contributed by atoms with E-state index in [0.29, 0.717) is 10.7 Å². The summed E-state index contributed by atoms with van der Waals surface area (Å²) in [6.07, 6.45) is 2.58. The number of carbonyl (C=O) groups excluding carboxylic acids is 1. The normalized spacial score (nSPS) is 14.8. The lowest BCUT2D eigenvalue weighted by Crippen LogP contribution is -2.29. The molecule has 4 rings (SSSR count). The van der Waals surface area contributed by atoms with Gasteiger partial charge in [0, 0.05) is 30.0 Å². The molecule has 1 amide bonds. The van der Waals surface area contributed by atoms with E-state index >= 15 is 0 Å². The quantitative estimate of drug-likeness (QED) is 0.775. The molecule has 0 unspecified atom stereocenters. The second kappa shape index (κ2) is 5.75. The maximum Gasteiger partial charge on any atom is 0.257 e. The Balaban J connectivity index is 1.53. The fourth-order valence-corrected chi connectivity index (χ4v) is 3.86. The van der Waals surface area contributed by atoms with Gasteiger partial charge in [-0.1, -0.05) is 6.92 Å². The number of thiazole rings is 1. The van der Waals surface area contributed by atoms with E-state index < -0.39 is 0 Å². The summed E-state index contributed by atoms with van der Waals surface area (Å²) in [5, 5.41) is 3.60. The van der Waals surface area contributed by atoms with Crippen LogP contribution in [0.1, 0.15) is 27.9 Å². The zero-order valence-electron chi connectivity index (χ0n) is 12.8. The molecule has 3 heterocycles. The highest BCUT2D eigenvalue weighted by Crippen LogP contribution is 2.28. The number of nitrogens with zero attached hydrogens (tertiary/aromatic N) is 3. The van der Waals surface area contributed by atoms with Crippen LogP contribution in [-0.4, -0.2) is 38.8 Å². The number of H-pyrrole nitrogens is 1. The van der Waals surface area contributed by atoms with Gasteiger partial charge in [0.15, 0.2) is 5.13 Å². The molecular weight excluding hydrogens is 310 g/mol. The second-order valence-corrected chi connectivity index (χ2v) is 6.68. The molecule has 0 saturated heterocycles. The highest BCUT2D eigenvalue weighted by atomic mass is 32.1. The molecular formula is C16H17N5OS. The van der Waals surface area contributed by atoms with Crippen LogP contribution in [0.25, 0.3) is 11.0 Å². The predicted octanol–water partition coefficient (Wildman–Crippen LogP) is 2.65. The van der Waals surface area contributed by atoms with Crippen LogP contribution in [-0.2, 0) is 13.0 Å². The Labute approximate surface area is 137 Å². The first-order chi connectivity index (χ1) is 11.2. The highest BCUT2D eigenvalue weighted by Gasteiger charge is 2.20. The van der Waals surface area contributed by atoms with Crippen molar-refractivity contribution < 1.29 is 4.79 Å². The highest BCUT2D eigenvalue weighted by molar-refractivity contribution is 7.15. The third-order valence-corrected chi connectivity index (χ3v) is 5.16. The molecule has 3 aromatic rings. The van der Waals surface area contributed by atoms with Crippen LogP contribution in [0.2, 0.25) is 0 Å². The summed E-state index contributed by atoms with van der Waals surface area (Å²) in [6, 6.07) is 5.43. The van der Waals surface area contributed by atoms with E-state index in [0.717, 1.165) is 42.8 Å². The van der Waals surface area contributed by atoms with Crippen LogP contribution in [0.4, 0.5) is 5.13 Å². The number of fused-ring (bicyclic) bond motifs is 2. The van der Waals surface area contributed by atoms with E-state index in [1.807, 2.05) is 12.1 Å². The number of aromatic amines is 1. The van der Waals surface area contributed by atoms with Crippen molar-refractivity contribution in [1.82, 2.24) is 19.9 Å². The number of hydrogen-bond donors (Lipinski definition) is 2. The van der Waals surface area contributed by atoms with Crippen molar-refractivity contribution in [1.29, 1.82) is 0 Å². The van der Waals surface area contributed by atoms with Crippen LogP contribution in [0.3, 0.4) is 0 Å². The Hall–Kier alpha value is -2.25. The average molecular weight is 327 g/mol. The van der Waals surface area contributed by atoms with Gasteiger partial charge in [-0.2, -0.15) is 0 Å². The molecule has 2 N–H and O–H groups in total. The molecule has 23 heavy (non-hydrogen) atoms. The Morgan fingerprint density at radius 2 is 2.39 bits per heavy atom. The van der Waals surface area contributed by atoms with Crippen molar-refractivity contribution in [3.8, 4) is 0 Å². The van der Waals surface area contributed by atoms with E-state index in [1.54, 1.807) is 23.7 Å². The lowest BCUT2D eigenvalue weighted by molar-refractivity contribution is 0.102. The Morgan fingerprint density at radius 1 is 1.48 bits per heavy atom. The van der Waals surface area contributed by atoms with Gasteiger partial charge in [-0.3, -0.25) is 15.0 Å². The minimum absolute atomic E-state index is 0.139. The molecule has 0 aliphatic carbocycles. The third-order valence-electron chi connectivity index (χ3n) is 4.16. The molecule has 0 radical (unpaired) electrons. The van der Waals surface area contributed by atoms with Gasteiger partial charge < -0.3 is 4.98 Å². The molecule has 0 fully saturated rings. The van der Waals surface area contributed by atoms with E-state index in [1.165, 1.54) is 4.88 Å². The first kappa shape index (κ1) is 14.3. The molecule has 6 nitrogen and oxygen atoms in total. The van der Waals surface area contributed by atoms with Gasteiger partial charge in [0.1, 0.15) is 0 Å². The van der Waals surface area contributed by atoms with Gasteiger partial charge in [0.25, 0.3) is 5.91 Å². The lowest BCUT2D eigenvalue weighted by Gasteiger charge is -2.23.